The van der Waals surface area contributed by atoms with Gasteiger partial charge in [0.05, 0.1) is 10.7 Å². The summed E-state index contributed by atoms with van der Waals surface area (Å²) in [5.74, 6) is -0.659. The van der Waals surface area contributed by atoms with E-state index in [0.29, 0.717) is 5.02 Å². The number of benzene rings is 1. The Kier molecular flexibility index (Phi) is 2.77. The van der Waals surface area contributed by atoms with E-state index in [9.17, 15) is 14.4 Å². The lowest BCUT2D eigenvalue weighted by molar-refractivity contribution is 0.103. The minimum Gasteiger partial charge on any atom is -0.395 e. The molecule has 0 bridgehead atoms. The Morgan fingerprint density at radius 1 is 1.12 bits per heavy atom. The van der Waals surface area contributed by atoms with Gasteiger partial charge in [-0.05, 0) is 18.2 Å². The molecular weight excluding hydrogens is 265 g/mol. The number of hydrogen-bond donors (Lipinski definition) is 1. The smallest absolute Gasteiger partial charge is 0.250 e. The number of halogens is 2. The molecule has 0 aliphatic carbocycles. The summed E-state index contributed by atoms with van der Waals surface area (Å²) in [6.45, 7) is 0. The summed E-state index contributed by atoms with van der Waals surface area (Å²) in [6.07, 6.45) is 0. The summed E-state index contributed by atoms with van der Waals surface area (Å²) >= 11 is 11.5. The fourth-order valence-corrected chi connectivity index (χ4v) is 1.94. The van der Waals surface area contributed by atoms with Crippen LogP contribution in [0.4, 0.5) is 5.69 Å². The Morgan fingerprint density at radius 2 is 1.76 bits per heavy atom. The van der Waals surface area contributed by atoms with Gasteiger partial charge in [-0.2, -0.15) is 0 Å². The fraction of sp³-hybridized carbons (Fsp3) is 0. The molecule has 2 N–H and O–H groups in total. The van der Waals surface area contributed by atoms with Gasteiger partial charge in [0.25, 0.3) is 0 Å². The molecule has 0 amide bonds. The van der Waals surface area contributed by atoms with Gasteiger partial charge in [-0.25, -0.2) is 0 Å². The zero-order valence-electron chi connectivity index (χ0n) is 8.29. The Bertz CT molecular complexity index is 699. The van der Waals surface area contributed by atoms with Crippen LogP contribution in [-0.4, -0.2) is 5.78 Å². The Morgan fingerprint density at radius 3 is 2.29 bits per heavy atom. The van der Waals surface area contributed by atoms with E-state index in [0.717, 1.165) is 0 Å². The highest BCUT2D eigenvalue weighted by Crippen LogP contribution is 2.23. The summed E-state index contributed by atoms with van der Waals surface area (Å²) in [6, 6.07) is 4.21. The second kappa shape index (κ2) is 3.98. The molecule has 0 fully saturated rings. The Hall–Kier alpha value is -1.65. The molecule has 0 saturated carbocycles. The van der Waals surface area contributed by atoms with Crippen LogP contribution in [0.2, 0.25) is 10.0 Å². The number of nitrogen functional groups attached to an aromatic ring is 1. The molecule has 4 nitrogen and oxygen atoms in total. The molecule has 2 rings (SSSR count). The van der Waals surface area contributed by atoms with Crippen molar-refractivity contribution in [2.24, 2.45) is 0 Å². The molecule has 2 aromatic carbocycles. The van der Waals surface area contributed by atoms with Gasteiger partial charge >= 0.3 is 0 Å². The number of rotatable bonds is 2. The van der Waals surface area contributed by atoms with Gasteiger partial charge in [-0.15, -0.1) is 0 Å². The first kappa shape index (κ1) is 11.8. The molecule has 0 atom stereocenters. The van der Waals surface area contributed by atoms with E-state index in [1.807, 2.05) is 0 Å². The van der Waals surface area contributed by atoms with Crippen molar-refractivity contribution >= 4 is 34.7 Å². The average molecular weight is 270 g/mol. The molecule has 17 heavy (non-hydrogen) atoms. The largest absolute Gasteiger partial charge is 0.395 e. The van der Waals surface area contributed by atoms with Crippen LogP contribution in [0, 0.1) is 0 Å². The summed E-state index contributed by atoms with van der Waals surface area (Å²) in [5.41, 5.74) is 3.06. The molecule has 6 heteroatoms. The summed E-state index contributed by atoms with van der Waals surface area (Å²) in [7, 11) is 0. The van der Waals surface area contributed by atoms with Crippen molar-refractivity contribution in [3.05, 3.63) is 59.8 Å². The van der Waals surface area contributed by atoms with Crippen LogP contribution >= 0.6 is 23.2 Å². The number of ketones is 1. The third-order valence-electron chi connectivity index (χ3n) is 2.35. The molecule has 0 radical (unpaired) electrons. The molecule has 86 valence electrons. The number of hydrogen-bond acceptors (Lipinski definition) is 4. The van der Waals surface area contributed by atoms with E-state index in [1.54, 1.807) is 0 Å². The van der Waals surface area contributed by atoms with Crippen molar-refractivity contribution in [1.29, 1.82) is 0 Å². The molecule has 0 aromatic heterocycles. The third kappa shape index (κ3) is 1.75. The average Bonchev–Trinajstić information content (AvgIpc) is 2.28. The van der Waals surface area contributed by atoms with E-state index in [1.165, 1.54) is 18.2 Å². The number of nitrogens with two attached hydrogens (primary N) is 1. The number of anilines is 1. The van der Waals surface area contributed by atoms with Crippen molar-refractivity contribution in [2.75, 3.05) is 5.73 Å². The van der Waals surface area contributed by atoms with Crippen molar-refractivity contribution in [2.45, 2.75) is 0 Å². The van der Waals surface area contributed by atoms with Gasteiger partial charge in [0.2, 0.25) is 16.6 Å². The van der Waals surface area contributed by atoms with Crippen LogP contribution in [0.3, 0.4) is 0 Å². The van der Waals surface area contributed by atoms with Crippen LogP contribution in [0.5, 0.6) is 0 Å². The summed E-state index contributed by atoms with van der Waals surface area (Å²) in [5, 5.41) is 0.472. The van der Waals surface area contributed by atoms with E-state index in [2.05, 4.69) is 0 Å². The normalized spacial score (nSPS) is 10.7. The Balaban J connectivity index is 2.53. The minimum absolute atomic E-state index is 0.0925. The first-order chi connectivity index (χ1) is 7.93. The zero-order valence-corrected chi connectivity index (χ0v) is 9.80. The van der Waals surface area contributed by atoms with E-state index in [4.69, 9.17) is 28.9 Å². The summed E-state index contributed by atoms with van der Waals surface area (Å²) < 4.78 is 0. The fourth-order valence-electron chi connectivity index (χ4n) is 1.44. The molecule has 0 aliphatic heterocycles. The lowest BCUT2D eigenvalue weighted by atomic mass is 9.98. The lowest BCUT2D eigenvalue weighted by Crippen LogP contribution is -2.40. The van der Waals surface area contributed by atoms with E-state index < -0.39 is 16.6 Å². The Labute approximate surface area is 105 Å². The molecule has 0 saturated heterocycles. The molecule has 2 aromatic rings. The lowest BCUT2D eigenvalue weighted by Gasteiger charge is -2.07. The maximum Gasteiger partial charge on any atom is 0.250 e. The second-order valence-electron chi connectivity index (χ2n) is 3.40. The monoisotopic (exact) mass is 269 g/mol. The van der Waals surface area contributed by atoms with Crippen LogP contribution in [-0.2, 0) is 0 Å². The van der Waals surface area contributed by atoms with Crippen molar-refractivity contribution in [3.63, 3.8) is 0 Å². The second-order valence-corrected chi connectivity index (χ2v) is 4.24. The standard InChI is InChI=1S/C11H5Cl2NO3/c12-4-1-2-5(6(13)3-4)9(15)7-8(14)11(17)10(7)16/h1-3H,14H2. The van der Waals surface area contributed by atoms with Gasteiger partial charge < -0.3 is 5.73 Å². The van der Waals surface area contributed by atoms with Crippen molar-refractivity contribution in [1.82, 2.24) is 0 Å². The maximum atomic E-state index is 11.9. The number of carbonyl (C=O) groups excluding carboxylic acids is 1. The van der Waals surface area contributed by atoms with Gasteiger partial charge in [-0.3, -0.25) is 14.4 Å². The van der Waals surface area contributed by atoms with Crippen LogP contribution in [0.15, 0.2) is 27.8 Å². The molecule has 0 spiro atoms. The van der Waals surface area contributed by atoms with Crippen LogP contribution < -0.4 is 16.6 Å². The highest BCUT2D eigenvalue weighted by Gasteiger charge is 2.26. The van der Waals surface area contributed by atoms with E-state index in [-0.39, 0.29) is 21.8 Å². The van der Waals surface area contributed by atoms with Gasteiger partial charge in [0.1, 0.15) is 5.56 Å². The third-order valence-corrected chi connectivity index (χ3v) is 2.90. The summed E-state index contributed by atoms with van der Waals surface area (Å²) in [4.78, 5) is 34.0. The van der Waals surface area contributed by atoms with Crippen LogP contribution in [0.1, 0.15) is 15.9 Å². The first-order valence-electron chi connectivity index (χ1n) is 4.52. The van der Waals surface area contributed by atoms with Gasteiger partial charge in [-0.1, -0.05) is 23.2 Å². The SMILES string of the molecule is Nc1c(C(=O)c2ccc(Cl)cc2Cl)c(=O)c1=O. The van der Waals surface area contributed by atoms with Crippen molar-refractivity contribution < 1.29 is 4.79 Å². The quantitative estimate of drug-likeness (QED) is 0.661. The van der Waals surface area contributed by atoms with Crippen molar-refractivity contribution in [3.8, 4) is 0 Å². The van der Waals surface area contributed by atoms with Gasteiger partial charge in [0.15, 0.2) is 0 Å². The molecular formula is C11H5Cl2NO3. The highest BCUT2D eigenvalue weighted by molar-refractivity contribution is 6.37. The highest BCUT2D eigenvalue weighted by atomic mass is 35.5. The topological polar surface area (TPSA) is 77.2 Å². The molecule has 0 heterocycles. The molecule has 0 unspecified atom stereocenters. The van der Waals surface area contributed by atoms with E-state index >= 15 is 0 Å². The first-order valence-corrected chi connectivity index (χ1v) is 5.27. The number of carbonyl (C=O) groups is 1. The minimum atomic E-state index is -0.876. The predicted octanol–water partition coefficient (Wildman–Crippen LogP) is 1.40. The van der Waals surface area contributed by atoms with Gasteiger partial charge in [0, 0.05) is 10.6 Å². The molecule has 0 aliphatic rings. The zero-order chi connectivity index (χ0) is 12.7. The maximum absolute atomic E-state index is 11.9. The predicted molar refractivity (Wildman–Crippen MR) is 65.7 cm³/mol. The van der Waals surface area contributed by atoms with Crippen LogP contribution in [0.25, 0.3) is 0 Å².